The molecule has 1 aliphatic heterocycles. The van der Waals surface area contributed by atoms with Gasteiger partial charge in [0.2, 0.25) is 5.91 Å². The second-order valence-corrected chi connectivity index (χ2v) is 5.91. The highest BCUT2D eigenvalue weighted by atomic mass is 16.5. The average Bonchev–Trinajstić information content (AvgIpc) is 2.54. The molecule has 0 aromatic heterocycles. The molecule has 1 heterocycles. The first kappa shape index (κ1) is 15.8. The van der Waals surface area contributed by atoms with Gasteiger partial charge in [-0.05, 0) is 42.4 Å². The minimum atomic E-state index is 0.169. The van der Waals surface area contributed by atoms with E-state index in [9.17, 15) is 9.90 Å². The summed E-state index contributed by atoms with van der Waals surface area (Å²) in [7, 11) is 1.65. The fourth-order valence-corrected chi connectivity index (χ4v) is 2.90. The van der Waals surface area contributed by atoms with Crippen molar-refractivity contribution in [2.45, 2.75) is 32.1 Å². The molecule has 0 bridgehead atoms. The van der Waals surface area contributed by atoms with E-state index in [2.05, 4.69) is 6.92 Å². The van der Waals surface area contributed by atoms with E-state index in [1.165, 1.54) is 0 Å². The van der Waals surface area contributed by atoms with Gasteiger partial charge >= 0.3 is 0 Å². The standard InChI is InChI=1S/C17H25NO3/c1-13(15-6-3-7-16(10-15)21-2)9-17(20)18-8-4-5-14(11-18)12-19/h3,6-7,10,13-14,19H,4-5,8-9,11-12H2,1-2H3. The zero-order valence-corrected chi connectivity index (χ0v) is 12.9. The number of ether oxygens (including phenoxy) is 1. The molecule has 1 saturated heterocycles. The van der Waals surface area contributed by atoms with E-state index >= 15 is 0 Å². The van der Waals surface area contributed by atoms with Crippen LogP contribution >= 0.6 is 0 Å². The van der Waals surface area contributed by atoms with E-state index in [-0.39, 0.29) is 24.3 Å². The number of amides is 1. The zero-order valence-electron chi connectivity index (χ0n) is 12.9. The molecule has 1 aromatic carbocycles. The summed E-state index contributed by atoms with van der Waals surface area (Å²) in [5, 5.41) is 9.26. The molecule has 2 atom stereocenters. The lowest BCUT2D eigenvalue weighted by atomic mass is 9.95. The molecule has 1 aliphatic rings. The zero-order chi connectivity index (χ0) is 15.2. The number of likely N-dealkylation sites (tertiary alicyclic amines) is 1. The second kappa shape index (κ2) is 7.46. The van der Waals surface area contributed by atoms with Crippen LogP contribution in [0.25, 0.3) is 0 Å². The number of rotatable bonds is 5. The van der Waals surface area contributed by atoms with Crippen molar-refractivity contribution in [3.63, 3.8) is 0 Å². The van der Waals surface area contributed by atoms with Crippen molar-refractivity contribution in [1.29, 1.82) is 0 Å². The van der Waals surface area contributed by atoms with Crippen molar-refractivity contribution >= 4 is 5.91 Å². The molecular weight excluding hydrogens is 266 g/mol. The second-order valence-electron chi connectivity index (χ2n) is 5.91. The van der Waals surface area contributed by atoms with Gasteiger partial charge in [-0.2, -0.15) is 0 Å². The highest BCUT2D eigenvalue weighted by Gasteiger charge is 2.24. The Balaban J connectivity index is 1.94. The topological polar surface area (TPSA) is 49.8 Å². The Bertz CT molecular complexity index is 475. The predicted molar refractivity (Wildman–Crippen MR) is 82.4 cm³/mol. The van der Waals surface area contributed by atoms with Gasteiger partial charge < -0.3 is 14.7 Å². The lowest BCUT2D eigenvalue weighted by molar-refractivity contribution is -0.133. The Labute approximate surface area is 126 Å². The van der Waals surface area contributed by atoms with Crippen LogP contribution in [0.1, 0.15) is 37.7 Å². The molecule has 116 valence electrons. The van der Waals surface area contributed by atoms with E-state index < -0.39 is 0 Å². The molecule has 0 saturated carbocycles. The predicted octanol–water partition coefficient (Wildman–Crippen LogP) is 2.42. The Morgan fingerprint density at radius 2 is 2.33 bits per heavy atom. The summed E-state index contributed by atoms with van der Waals surface area (Å²) in [6.45, 7) is 3.76. The van der Waals surface area contributed by atoms with Crippen LogP contribution in [0.3, 0.4) is 0 Å². The lowest BCUT2D eigenvalue weighted by Crippen LogP contribution is -2.41. The average molecular weight is 291 g/mol. The molecule has 1 amide bonds. The van der Waals surface area contributed by atoms with Gasteiger partial charge in [0, 0.05) is 26.1 Å². The molecule has 2 rings (SSSR count). The van der Waals surface area contributed by atoms with Crippen LogP contribution in [-0.4, -0.2) is 42.7 Å². The Hall–Kier alpha value is -1.55. The number of piperidine rings is 1. The fraction of sp³-hybridized carbons (Fsp3) is 0.588. The van der Waals surface area contributed by atoms with E-state index in [0.717, 1.165) is 30.7 Å². The van der Waals surface area contributed by atoms with Gasteiger partial charge in [0.05, 0.1) is 7.11 Å². The first-order valence-corrected chi connectivity index (χ1v) is 7.66. The maximum Gasteiger partial charge on any atom is 0.223 e. The number of carbonyl (C=O) groups is 1. The minimum Gasteiger partial charge on any atom is -0.497 e. The number of methoxy groups -OCH3 is 1. The summed E-state index contributed by atoms with van der Waals surface area (Å²) in [5.74, 6) is 1.42. The van der Waals surface area contributed by atoms with E-state index in [1.807, 2.05) is 29.2 Å². The van der Waals surface area contributed by atoms with Crippen LogP contribution < -0.4 is 4.74 Å². The van der Waals surface area contributed by atoms with Crippen molar-refractivity contribution in [2.24, 2.45) is 5.92 Å². The van der Waals surface area contributed by atoms with Crippen LogP contribution in [0.5, 0.6) is 5.75 Å². The Morgan fingerprint density at radius 1 is 1.52 bits per heavy atom. The maximum absolute atomic E-state index is 12.4. The normalized spacial score (nSPS) is 20.1. The van der Waals surface area contributed by atoms with Crippen LogP contribution in [0, 0.1) is 5.92 Å². The van der Waals surface area contributed by atoms with Gasteiger partial charge in [-0.25, -0.2) is 0 Å². The largest absolute Gasteiger partial charge is 0.497 e. The number of aliphatic hydroxyl groups is 1. The summed E-state index contributed by atoms with van der Waals surface area (Å²) in [4.78, 5) is 14.3. The molecule has 1 N–H and O–H groups in total. The summed E-state index contributed by atoms with van der Waals surface area (Å²) < 4.78 is 5.23. The van der Waals surface area contributed by atoms with Gasteiger partial charge in [0.25, 0.3) is 0 Å². The van der Waals surface area contributed by atoms with Crippen LogP contribution in [0.2, 0.25) is 0 Å². The van der Waals surface area contributed by atoms with Crippen LogP contribution in [0.15, 0.2) is 24.3 Å². The number of hydrogen-bond acceptors (Lipinski definition) is 3. The summed E-state index contributed by atoms with van der Waals surface area (Å²) >= 11 is 0. The molecule has 21 heavy (non-hydrogen) atoms. The molecule has 1 fully saturated rings. The van der Waals surface area contributed by atoms with E-state index in [4.69, 9.17) is 4.74 Å². The summed E-state index contributed by atoms with van der Waals surface area (Å²) in [6.07, 6.45) is 2.52. The number of benzene rings is 1. The molecule has 0 spiro atoms. The molecule has 4 heteroatoms. The molecular formula is C17H25NO3. The molecule has 1 aromatic rings. The van der Waals surface area contributed by atoms with Crippen molar-refractivity contribution in [1.82, 2.24) is 4.90 Å². The monoisotopic (exact) mass is 291 g/mol. The van der Waals surface area contributed by atoms with Crippen LogP contribution in [0.4, 0.5) is 0 Å². The summed E-state index contributed by atoms with van der Waals surface area (Å²) in [5.41, 5.74) is 1.12. The number of nitrogens with zero attached hydrogens (tertiary/aromatic N) is 1. The van der Waals surface area contributed by atoms with Crippen molar-refractivity contribution in [3.05, 3.63) is 29.8 Å². The molecule has 0 aliphatic carbocycles. The van der Waals surface area contributed by atoms with Crippen molar-refractivity contribution in [2.75, 3.05) is 26.8 Å². The quantitative estimate of drug-likeness (QED) is 0.906. The van der Waals surface area contributed by atoms with E-state index in [1.54, 1.807) is 7.11 Å². The van der Waals surface area contributed by atoms with Gasteiger partial charge in [-0.3, -0.25) is 4.79 Å². The van der Waals surface area contributed by atoms with Gasteiger partial charge in [-0.1, -0.05) is 19.1 Å². The molecule has 0 radical (unpaired) electrons. The van der Waals surface area contributed by atoms with Gasteiger partial charge in [0.15, 0.2) is 0 Å². The van der Waals surface area contributed by atoms with Crippen molar-refractivity contribution in [3.8, 4) is 5.75 Å². The number of carbonyl (C=O) groups excluding carboxylic acids is 1. The highest BCUT2D eigenvalue weighted by molar-refractivity contribution is 5.77. The summed E-state index contributed by atoms with van der Waals surface area (Å²) in [6, 6.07) is 7.89. The lowest BCUT2D eigenvalue weighted by Gasteiger charge is -2.32. The van der Waals surface area contributed by atoms with Crippen molar-refractivity contribution < 1.29 is 14.6 Å². The smallest absolute Gasteiger partial charge is 0.223 e. The Morgan fingerprint density at radius 3 is 3.05 bits per heavy atom. The minimum absolute atomic E-state index is 0.169. The number of aliphatic hydroxyl groups excluding tert-OH is 1. The first-order chi connectivity index (χ1) is 10.1. The third-order valence-electron chi connectivity index (χ3n) is 4.27. The third-order valence-corrected chi connectivity index (χ3v) is 4.27. The van der Waals surface area contributed by atoms with E-state index in [0.29, 0.717) is 13.0 Å². The van der Waals surface area contributed by atoms with Gasteiger partial charge in [-0.15, -0.1) is 0 Å². The maximum atomic E-state index is 12.4. The fourth-order valence-electron chi connectivity index (χ4n) is 2.90. The molecule has 2 unspecified atom stereocenters. The van der Waals surface area contributed by atoms with Gasteiger partial charge in [0.1, 0.15) is 5.75 Å². The molecule has 4 nitrogen and oxygen atoms in total. The highest BCUT2D eigenvalue weighted by Crippen LogP contribution is 2.25. The number of hydrogen-bond donors (Lipinski definition) is 1. The first-order valence-electron chi connectivity index (χ1n) is 7.66. The Kier molecular flexibility index (Phi) is 5.62. The van der Waals surface area contributed by atoms with Crippen LogP contribution in [-0.2, 0) is 4.79 Å². The SMILES string of the molecule is COc1cccc(C(C)CC(=O)N2CCCC(CO)C2)c1. The third kappa shape index (κ3) is 4.21.